The van der Waals surface area contributed by atoms with Crippen molar-refractivity contribution in [2.75, 3.05) is 0 Å². The van der Waals surface area contributed by atoms with Crippen molar-refractivity contribution in [3.05, 3.63) is 35.9 Å². The Morgan fingerprint density at radius 3 is 1.83 bits per heavy atom. The van der Waals surface area contributed by atoms with Crippen LogP contribution < -0.4 is 21.5 Å². The summed E-state index contributed by atoms with van der Waals surface area (Å²) in [5.74, 6) is 1.60. The van der Waals surface area contributed by atoms with E-state index in [2.05, 4.69) is 31.4 Å². The Morgan fingerprint density at radius 2 is 1.56 bits per heavy atom. The number of carbonyl (C=O) groups is 2. The molecule has 0 radical (unpaired) electrons. The summed E-state index contributed by atoms with van der Waals surface area (Å²) in [6.45, 7) is 4.30. The molecule has 1 unspecified atom stereocenters. The molecule has 0 saturated carbocycles. The van der Waals surface area contributed by atoms with Gasteiger partial charge in [-0.2, -0.15) is 0 Å². The predicted octanol–water partition coefficient (Wildman–Crippen LogP) is -1.67. The lowest BCUT2D eigenvalue weighted by Crippen LogP contribution is -2.42. The Kier molecular flexibility index (Phi) is 7.34. The van der Waals surface area contributed by atoms with Gasteiger partial charge in [-0.15, -0.1) is 0 Å². The highest BCUT2D eigenvalue weighted by Gasteiger charge is 2.12. The van der Waals surface area contributed by atoms with Crippen LogP contribution in [0.15, 0.2) is 30.3 Å². The van der Waals surface area contributed by atoms with E-state index in [9.17, 15) is 0 Å². The molecule has 6 nitrogen and oxygen atoms in total. The van der Waals surface area contributed by atoms with Crippen LogP contribution in [0.4, 0.5) is 0 Å². The summed E-state index contributed by atoms with van der Waals surface area (Å²) in [7, 11) is 0. The summed E-state index contributed by atoms with van der Waals surface area (Å²) in [6, 6.07) is 10.5. The van der Waals surface area contributed by atoms with Gasteiger partial charge in [0, 0.05) is 6.04 Å². The lowest BCUT2D eigenvalue weighted by molar-refractivity contribution is -0.345. The second-order valence-corrected chi connectivity index (χ2v) is 3.87. The van der Waals surface area contributed by atoms with Crippen LogP contribution in [0, 0.1) is 5.92 Å². The fourth-order valence-electron chi connectivity index (χ4n) is 1.33. The molecule has 1 rings (SSSR count). The molecule has 1 aromatic carbocycles. The van der Waals surface area contributed by atoms with Gasteiger partial charge in [0.15, 0.2) is 0 Å². The number of hydrogen-bond donors (Lipinski definition) is 2. The monoisotopic (exact) mass is 252 g/mol. The van der Waals surface area contributed by atoms with Crippen molar-refractivity contribution < 1.29 is 19.8 Å². The lowest BCUT2D eigenvalue weighted by atomic mass is 9.97. The maximum absolute atomic E-state index is 8.93. The van der Waals surface area contributed by atoms with Crippen LogP contribution in [0.2, 0.25) is 0 Å². The minimum Gasteiger partial charge on any atom is -0.543 e. The third-order valence-corrected chi connectivity index (χ3v) is 2.17. The summed E-state index contributed by atoms with van der Waals surface area (Å²) < 4.78 is 0. The molecule has 0 amide bonds. The van der Waals surface area contributed by atoms with Crippen molar-refractivity contribution >= 4 is 11.9 Å². The Labute approximate surface area is 105 Å². The van der Waals surface area contributed by atoms with Crippen LogP contribution in [-0.4, -0.2) is 11.9 Å². The molecular formula is C12H16N2O4-2. The molecule has 6 heteroatoms. The molecule has 1 atom stereocenters. The van der Waals surface area contributed by atoms with Crippen molar-refractivity contribution in [1.82, 2.24) is 5.43 Å². The van der Waals surface area contributed by atoms with Crippen LogP contribution in [0.5, 0.6) is 0 Å². The number of hydrogen-bond acceptors (Lipinski definition) is 6. The summed E-state index contributed by atoms with van der Waals surface area (Å²) in [5.41, 5.74) is 4.06. The fraction of sp³-hybridized carbons (Fsp3) is 0.333. The van der Waals surface area contributed by atoms with E-state index in [1.165, 1.54) is 5.56 Å². The largest absolute Gasteiger partial charge is 0.543 e. The number of carboxylic acid groups (broad SMARTS) is 2. The first-order chi connectivity index (χ1) is 8.40. The number of aliphatic carboxylic acids is 2. The van der Waals surface area contributed by atoms with E-state index in [-0.39, 0.29) is 6.04 Å². The SMILES string of the molecule is CC(C)C(NN)c1ccccc1.O=C([O-])C(=O)[O-]. The van der Waals surface area contributed by atoms with Gasteiger partial charge in [0.05, 0.1) is 11.9 Å². The molecule has 1 aromatic rings. The standard InChI is InChI=1S/C10H16N2.C2H2O4/c1-8(2)10(12-11)9-6-4-3-5-7-9;3-1(4)2(5)6/h3-8,10,12H,11H2,1-2H3;(H,3,4)(H,5,6)/p-2. The number of nitrogens with two attached hydrogens (primary N) is 1. The zero-order chi connectivity index (χ0) is 14.1. The quantitative estimate of drug-likeness (QED) is 0.377. The molecule has 0 fully saturated rings. The van der Waals surface area contributed by atoms with Gasteiger partial charge >= 0.3 is 0 Å². The Morgan fingerprint density at radius 1 is 1.11 bits per heavy atom. The molecular weight excluding hydrogens is 236 g/mol. The average Bonchev–Trinajstić information content (AvgIpc) is 2.31. The highest BCUT2D eigenvalue weighted by molar-refractivity contribution is 6.25. The van der Waals surface area contributed by atoms with Crippen LogP contribution in [0.1, 0.15) is 25.5 Å². The summed E-state index contributed by atoms with van der Waals surface area (Å²) in [4.78, 5) is 17.9. The molecule has 100 valence electrons. The van der Waals surface area contributed by atoms with Gasteiger partial charge in [-0.3, -0.25) is 11.3 Å². The maximum atomic E-state index is 8.93. The summed E-state index contributed by atoms with van der Waals surface area (Å²) in [6.07, 6.45) is 0. The minimum absolute atomic E-state index is 0.256. The zero-order valence-electron chi connectivity index (χ0n) is 10.3. The third kappa shape index (κ3) is 5.97. The number of benzene rings is 1. The molecule has 0 heterocycles. The van der Waals surface area contributed by atoms with E-state index in [1.807, 2.05) is 18.2 Å². The second kappa shape index (κ2) is 8.21. The highest BCUT2D eigenvalue weighted by atomic mass is 16.4. The van der Waals surface area contributed by atoms with Gasteiger partial charge in [-0.05, 0) is 11.5 Å². The second-order valence-electron chi connectivity index (χ2n) is 3.87. The van der Waals surface area contributed by atoms with Crippen molar-refractivity contribution in [2.45, 2.75) is 19.9 Å². The van der Waals surface area contributed by atoms with Crippen molar-refractivity contribution in [1.29, 1.82) is 0 Å². The normalized spacial score (nSPS) is 11.3. The molecule has 0 aliphatic rings. The van der Waals surface area contributed by atoms with E-state index < -0.39 is 11.9 Å². The number of rotatable bonds is 3. The predicted molar refractivity (Wildman–Crippen MR) is 61.4 cm³/mol. The van der Waals surface area contributed by atoms with Gasteiger partial charge < -0.3 is 19.8 Å². The first-order valence-corrected chi connectivity index (χ1v) is 5.33. The van der Waals surface area contributed by atoms with E-state index in [0.29, 0.717) is 5.92 Å². The van der Waals surface area contributed by atoms with Crippen molar-refractivity contribution in [3.63, 3.8) is 0 Å². The minimum atomic E-state index is -2.19. The average molecular weight is 252 g/mol. The molecule has 0 bridgehead atoms. The van der Waals surface area contributed by atoms with Crippen molar-refractivity contribution in [3.8, 4) is 0 Å². The summed E-state index contributed by atoms with van der Waals surface area (Å²) >= 11 is 0. The van der Waals surface area contributed by atoms with Gasteiger partial charge in [-0.1, -0.05) is 44.2 Å². The van der Waals surface area contributed by atoms with Crippen LogP contribution in [0.25, 0.3) is 0 Å². The summed E-state index contributed by atoms with van der Waals surface area (Å²) in [5, 5.41) is 17.9. The zero-order valence-corrected chi connectivity index (χ0v) is 10.3. The van der Waals surface area contributed by atoms with Crippen molar-refractivity contribution in [2.24, 2.45) is 11.8 Å². The van der Waals surface area contributed by atoms with E-state index in [0.717, 1.165) is 0 Å². The molecule has 3 N–H and O–H groups in total. The molecule has 0 aliphatic heterocycles. The lowest BCUT2D eigenvalue weighted by Gasteiger charge is -2.19. The Hall–Kier alpha value is -1.92. The smallest absolute Gasteiger partial charge is 0.0870 e. The van der Waals surface area contributed by atoms with E-state index >= 15 is 0 Å². The van der Waals surface area contributed by atoms with Crippen LogP contribution >= 0.6 is 0 Å². The van der Waals surface area contributed by atoms with Crippen LogP contribution in [-0.2, 0) is 9.59 Å². The van der Waals surface area contributed by atoms with E-state index in [1.54, 1.807) is 0 Å². The first kappa shape index (κ1) is 16.1. The molecule has 0 spiro atoms. The number of carbonyl (C=O) groups excluding carboxylic acids is 2. The first-order valence-electron chi connectivity index (χ1n) is 5.33. The highest BCUT2D eigenvalue weighted by Crippen LogP contribution is 2.19. The molecule has 18 heavy (non-hydrogen) atoms. The topological polar surface area (TPSA) is 118 Å². The number of hydrazine groups is 1. The van der Waals surface area contributed by atoms with Crippen LogP contribution in [0.3, 0.4) is 0 Å². The van der Waals surface area contributed by atoms with E-state index in [4.69, 9.17) is 25.6 Å². The molecule has 0 aromatic heterocycles. The Balaban J connectivity index is 0.000000411. The van der Waals surface area contributed by atoms with Gasteiger partial charge in [0.1, 0.15) is 0 Å². The van der Waals surface area contributed by atoms with Gasteiger partial charge in [0.2, 0.25) is 0 Å². The van der Waals surface area contributed by atoms with Gasteiger partial charge in [-0.25, -0.2) is 0 Å². The molecule has 0 saturated heterocycles. The number of nitrogens with one attached hydrogen (secondary N) is 1. The van der Waals surface area contributed by atoms with Gasteiger partial charge in [0.25, 0.3) is 0 Å². The maximum Gasteiger partial charge on any atom is 0.0870 e. The number of carboxylic acids is 2. The third-order valence-electron chi connectivity index (χ3n) is 2.17. The molecule has 0 aliphatic carbocycles. The fourth-order valence-corrected chi connectivity index (χ4v) is 1.33. The Bertz CT molecular complexity index is 367.